The molecule has 6 nitrogen and oxygen atoms in total. The summed E-state index contributed by atoms with van der Waals surface area (Å²) in [6.45, 7) is 1.04. The number of amides is 1. The van der Waals surface area contributed by atoms with Gasteiger partial charge in [0, 0.05) is 31.3 Å². The summed E-state index contributed by atoms with van der Waals surface area (Å²) in [4.78, 5) is 30.1. The Balaban J connectivity index is 1.75. The maximum atomic E-state index is 13.0. The Kier molecular flexibility index (Phi) is 8.39. The zero-order chi connectivity index (χ0) is 20.6. The Bertz CT molecular complexity index is 895. The summed E-state index contributed by atoms with van der Waals surface area (Å²) in [5, 5.41) is 4.74. The Morgan fingerprint density at radius 2 is 2.07 bits per heavy atom. The van der Waals surface area contributed by atoms with Crippen molar-refractivity contribution >= 4 is 40.2 Å². The lowest BCUT2D eigenvalue weighted by atomic mass is 10.1. The molecule has 158 valence electrons. The molecular weight excluding hydrogens is 410 g/mol. The minimum atomic E-state index is -0.116. The standard InChI is InChI=1S/C21H28ClN3O3S/c1-28-12-6-11-25-20(27)17-10-9-15(22)13-18(17)24-21(25)29-14-19(26)23-16-7-4-2-3-5-8-16/h9-10,13,16H,2-8,11-12,14H2,1H3,(H,23,26). The normalized spacial score (nSPS) is 15.4. The summed E-state index contributed by atoms with van der Waals surface area (Å²) in [5.41, 5.74) is 0.437. The fraction of sp³-hybridized carbons (Fsp3) is 0.571. The minimum absolute atomic E-state index is 0.00854. The van der Waals surface area contributed by atoms with Gasteiger partial charge in [-0.1, -0.05) is 49.0 Å². The van der Waals surface area contributed by atoms with Crippen LogP contribution in [0.2, 0.25) is 5.02 Å². The Labute approximate surface area is 180 Å². The number of benzene rings is 1. The van der Waals surface area contributed by atoms with Crippen molar-refractivity contribution < 1.29 is 9.53 Å². The predicted molar refractivity (Wildman–Crippen MR) is 118 cm³/mol. The smallest absolute Gasteiger partial charge is 0.262 e. The van der Waals surface area contributed by atoms with Gasteiger partial charge in [-0.15, -0.1) is 0 Å². The highest BCUT2D eigenvalue weighted by molar-refractivity contribution is 7.99. The van der Waals surface area contributed by atoms with Crippen molar-refractivity contribution in [2.45, 2.75) is 62.7 Å². The van der Waals surface area contributed by atoms with E-state index in [9.17, 15) is 9.59 Å². The van der Waals surface area contributed by atoms with Crippen LogP contribution in [0.15, 0.2) is 28.2 Å². The molecular formula is C21H28ClN3O3S. The number of carbonyl (C=O) groups is 1. The van der Waals surface area contributed by atoms with Crippen LogP contribution in [0, 0.1) is 0 Å². The SMILES string of the molecule is COCCCn1c(SCC(=O)NC2CCCCCC2)nc2cc(Cl)ccc2c1=O. The van der Waals surface area contributed by atoms with Crippen LogP contribution in [-0.2, 0) is 16.1 Å². The lowest BCUT2D eigenvalue weighted by Crippen LogP contribution is -2.35. The fourth-order valence-electron chi connectivity index (χ4n) is 3.67. The molecule has 1 heterocycles. The first-order valence-corrected chi connectivity index (χ1v) is 11.6. The molecule has 8 heteroatoms. The van der Waals surface area contributed by atoms with Gasteiger partial charge >= 0.3 is 0 Å². The minimum Gasteiger partial charge on any atom is -0.385 e. The number of carbonyl (C=O) groups excluding carboxylic acids is 1. The summed E-state index contributed by atoms with van der Waals surface area (Å²) in [6.07, 6.45) is 7.62. The first kappa shape index (κ1) is 22.1. The highest BCUT2D eigenvalue weighted by atomic mass is 35.5. The highest BCUT2D eigenvalue weighted by Gasteiger charge is 2.17. The number of aromatic nitrogens is 2. The summed E-state index contributed by atoms with van der Waals surface area (Å²) in [6, 6.07) is 5.35. The third kappa shape index (κ3) is 6.20. The molecule has 0 unspecified atom stereocenters. The molecule has 1 aliphatic rings. The predicted octanol–water partition coefficient (Wildman–Crippen LogP) is 4.02. The molecule has 0 spiro atoms. The quantitative estimate of drug-likeness (QED) is 0.292. The first-order chi connectivity index (χ1) is 14.1. The highest BCUT2D eigenvalue weighted by Crippen LogP contribution is 2.21. The van der Waals surface area contributed by atoms with E-state index in [1.54, 1.807) is 29.9 Å². The Morgan fingerprint density at radius 3 is 2.79 bits per heavy atom. The second-order valence-electron chi connectivity index (χ2n) is 7.40. The van der Waals surface area contributed by atoms with Crippen LogP contribution in [0.25, 0.3) is 10.9 Å². The van der Waals surface area contributed by atoms with E-state index in [-0.39, 0.29) is 23.3 Å². The van der Waals surface area contributed by atoms with Crippen molar-refractivity contribution in [3.8, 4) is 0 Å². The van der Waals surface area contributed by atoms with Crippen molar-refractivity contribution in [1.82, 2.24) is 14.9 Å². The molecule has 1 fully saturated rings. The molecule has 1 amide bonds. The zero-order valence-electron chi connectivity index (χ0n) is 16.8. The van der Waals surface area contributed by atoms with Crippen LogP contribution in [0.3, 0.4) is 0 Å². The maximum absolute atomic E-state index is 13.0. The molecule has 1 aromatic carbocycles. The Morgan fingerprint density at radius 1 is 1.31 bits per heavy atom. The number of thioether (sulfide) groups is 1. The van der Waals surface area contributed by atoms with E-state index in [0.717, 1.165) is 12.8 Å². The van der Waals surface area contributed by atoms with Gasteiger partial charge in [-0.3, -0.25) is 14.2 Å². The number of nitrogens with zero attached hydrogens (tertiary/aromatic N) is 2. The number of fused-ring (bicyclic) bond motifs is 1. The van der Waals surface area contributed by atoms with E-state index in [2.05, 4.69) is 10.3 Å². The molecule has 0 radical (unpaired) electrons. The molecule has 1 saturated carbocycles. The number of hydrogen-bond acceptors (Lipinski definition) is 5. The van der Waals surface area contributed by atoms with Gasteiger partial charge in [-0.2, -0.15) is 0 Å². The number of methoxy groups -OCH3 is 1. The van der Waals surface area contributed by atoms with Crippen molar-refractivity contribution in [3.05, 3.63) is 33.6 Å². The first-order valence-electron chi connectivity index (χ1n) is 10.2. The lowest BCUT2D eigenvalue weighted by molar-refractivity contribution is -0.119. The van der Waals surface area contributed by atoms with E-state index < -0.39 is 0 Å². The van der Waals surface area contributed by atoms with Gasteiger partial charge in [0.25, 0.3) is 5.56 Å². The van der Waals surface area contributed by atoms with Crippen LogP contribution < -0.4 is 10.9 Å². The third-order valence-corrected chi connectivity index (χ3v) is 6.38. The molecule has 2 aromatic rings. The number of halogens is 1. The van der Waals surface area contributed by atoms with Gasteiger partial charge in [0.1, 0.15) is 0 Å². The van der Waals surface area contributed by atoms with Crippen molar-refractivity contribution in [2.24, 2.45) is 0 Å². The van der Waals surface area contributed by atoms with Crippen molar-refractivity contribution in [1.29, 1.82) is 0 Å². The topological polar surface area (TPSA) is 73.2 Å². The lowest BCUT2D eigenvalue weighted by Gasteiger charge is -2.17. The van der Waals surface area contributed by atoms with Crippen molar-refractivity contribution in [2.75, 3.05) is 19.5 Å². The summed E-state index contributed by atoms with van der Waals surface area (Å²) < 4.78 is 6.75. The molecule has 29 heavy (non-hydrogen) atoms. The van der Waals surface area contributed by atoms with E-state index in [1.807, 2.05) is 0 Å². The number of hydrogen-bond donors (Lipinski definition) is 1. The van der Waals surface area contributed by atoms with E-state index in [1.165, 1.54) is 37.4 Å². The van der Waals surface area contributed by atoms with Crippen LogP contribution >= 0.6 is 23.4 Å². The molecule has 1 aromatic heterocycles. The summed E-state index contributed by atoms with van der Waals surface area (Å²) in [5.74, 6) is 0.227. The third-order valence-electron chi connectivity index (χ3n) is 5.17. The van der Waals surface area contributed by atoms with E-state index >= 15 is 0 Å². The van der Waals surface area contributed by atoms with Gasteiger partial charge in [-0.25, -0.2) is 4.98 Å². The van der Waals surface area contributed by atoms with Gasteiger partial charge in [0.15, 0.2) is 5.16 Å². The van der Waals surface area contributed by atoms with Crippen LogP contribution in [0.1, 0.15) is 44.9 Å². The molecule has 1 aliphatic carbocycles. The van der Waals surface area contributed by atoms with E-state index in [4.69, 9.17) is 16.3 Å². The van der Waals surface area contributed by atoms with Crippen LogP contribution in [0.4, 0.5) is 0 Å². The van der Waals surface area contributed by atoms with Gasteiger partial charge < -0.3 is 10.1 Å². The number of nitrogens with one attached hydrogen (secondary N) is 1. The second kappa shape index (κ2) is 11.0. The summed E-state index contributed by atoms with van der Waals surface area (Å²) >= 11 is 7.38. The Hall–Kier alpha value is -1.57. The monoisotopic (exact) mass is 437 g/mol. The maximum Gasteiger partial charge on any atom is 0.262 e. The fourth-order valence-corrected chi connectivity index (χ4v) is 4.67. The second-order valence-corrected chi connectivity index (χ2v) is 8.78. The number of ether oxygens (including phenoxy) is 1. The van der Waals surface area contributed by atoms with Gasteiger partial charge in [-0.05, 0) is 37.5 Å². The van der Waals surface area contributed by atoms with E-state index in [0.29, 0.717) is 40.7 Å². The molecule has 0 atom stereocenters. The van der Waals surface area contributed by atoms with Crippen LogP contribution in [0.5, 0.6) is 0 Å². The molecule has 0 aliphatic heterocycles. The molecule has 1 N–H and O–H groups in total. The van der Waals surface area contributed by atoms with Crippen LogP contribution in [-0.4, -0.2) is 41.0 Å². The largest absolute Gasteiger partial charge is 0.385 e. The van der Waals surface area contributed by atoms with Gasteiger partial charge in [0.2, 0.25) is 5.91 Å². The average molecular weight is 438 g/mol. The molecule has 0 bridgehead atoms. The molecule has 0 saturated heterocycles. The molecule has 3 rings (SSSR count). The average Bonchev–Trinajstić information content (AvgIpc) is 2.97. The number of rotatable bonds is 8. The zero-order valence-corrected chi connectivity index (χ0v) is 18.4. The van der Waals surface area contributed by atoms with Gasteiger partial charge in [0.05, 0.1) is 16.7 Å². The van der Waals surface area contributed by atoms with Crippen molar-refractivity contribution in [3.63, 3.8) is 0 Å². The summed E-state index contributed by atoms with van der Waals surface area (Å²) in [7, 11) is 1.64.